The molecule has 2 aromatic rings. The maximum Gasteiger partial charge on any atom is 0.314 e. The van der Waals surface area contributed by atoms with Crippen LogP contribution in [0.5, 0.6) is 11.5 Å². The monoisotopic (exact) mass is 384 g/mol. The smallest absolute Gasteiger partial charge is 0.314 e. The van der Waals surface area contributed by atoms with Gasteiger partial charge in [-0.3, -0.25) is 4.79 Å². The highest BCUT2D eigenvalue weighted by Crippen LogP contribution is 2.21. The van der Waals surface area contributed by atoms with E-state index in [1.165, 1.54) is 32.1 Å². The van der Waals surface area contributed by atoms with Crippen molar-refractivity contribution in [3.63, 3.8) is 0 Å². The van der Waals surface area contributed by atoms with E-state index in [1.807, 2.05) is 26.0 Å². The second-order valence-electron chi connectivity index (χ2n) is 7.11. The molecule has 5 heteroatoms. The predicted molar refractivity (Wildman–Crippen MR) is 111 cm³/mol. The second-order valence-corrected chi connectivity index (χ2v) is 7.11. The summed E-state index contributed by atoms with van der Waals surface area (Å²) >= 11 is 0. The molecule has 0 N–H and O–H groups in total. The van der Waals surface area contributed by atoms with Crippen LogP contribution in [0.15, 0.2) is 36.7 Å². The number of unbranched alkanes of at least 4 members (excludes halogenated alkanes) is 5. The summed E-state index contributed by atoms with van der Waals surface area (Å²) in [6.07, 6.45) is 11.6. The van der Waals surface area contributed by atoms with Gasteiger partial charge in [0.05, 0.1) is 24.9 Å². The molecule has 1 aromatic heterocycles. The van der Waals surface area contributed by atoms with Crippen LogP contribution >= 0.6 is 0 Å². The van der Waals surface area contributed by atoms with Gasteiger partial charge in [0.25, 0.3) is 0 Å². The number of esters is 1. The van der Waals surface area contributed by atoms with Crippen LogP contribution in [-0.4, -0.2) is 22.5 Å². The molecule has 1 heterocycles. The lowest BCUT2D eigenvalue weighted by atomic mass is 10.1. The predicted octanol–water partition coefficient (Wildman–Crippen LogP) is 5.83. The van der Waals surface area contributed by atoms with Gasteiger partial charge in [0.15, 0.2) is 11.6 Å². The number of aromatic nitrogens is 2. The highest BCUT2D eigenvalue weighted by molar-refractivity contribution is 5.74. The van der Waals surface area contributed by atoms with Gasteiger partial charge in [-0.15, -0.1) is 0 Å². The van der Waals surface area contributed by atoms with Crippen molar-refractivity contribution >= 4 is 5.97 Å². The molecule has 1 aromatic carbocycles. The Morgan fingerprint density at radius 1 is 0.929 bits per heavy atom. The van der Waals surface area contributed by atoms with Crippen LogP contribution in [0.3, 0.4) is 0 Å². The van der Waals surface area contributed by atoms with Gasteiger partial charge in [0.1, 0.15) is 5.75 Å². The van der Waals surface area contributed by atoms with E-state index in [9.17, 15) is 4.79 Å². The summed E-state index contributed by atoms with van der Waals surface area (Å²) in [6, 6.07) is 7.24. The molecule has 152 valence electrons. The van der Waals surface area contributed by atoms with Crippen LogP contribution in [0.25, 0.3) is 11.4 Å². The molecule has 1 atom stereocenters. The molecule has 0 saturated heterocycles. The highest BCUT2D eigenvalue weighted by atomic mass is 16.5. The number of hydrogen-bond donors (Lipinski definition) is 0. The number of nitrogens with zero attached hydrogens (tertiary/aromatic N) is 2. The fraction of sp³-hybridized carbons (Fsp3) is 0.522. The lowest BCUT2D eigenvalue weighted by Gasteiger charge is -2.09. The fourth-order valence-electron chi connectivity index (χ4n) is 2.67. The summed E-state index contributed by atoms with van der Waals surface area (Å²) in [4.78, 5) is 20.6. The minimum absolute atomic E-state index is 0.105. The van der Waals surface area contributed by atoms with Crippen LogP contribution < -0.4 is 9.47 Å². The van der Waals surface area contributed by atoms with Gasteiger partial charge in [0.2, 0.25) is 0 Å². The molecule has 0 unspecified atom stereocenters. The first-order chi connectivity index (χ1) is 13.6. The molecule has 0 aliphatic heterocycles. The van der Waals surface area contributed by atoms with Gasteiger partial charge >= 0.3 is 5.97 Å². The van der Waals surface area contributed by atoms with Crippen LogP contribution in [0.4, 0.5) is 0 Å². The van der Waals surface area contributed by atoms with Gasteiger partial charge in [-0.05, 0) is 37.1 Å². The highest BCUT2D eigenvalue weighted by Gasteiger charge is 2.13. The van der Waals surface area contributed by atoms with Crippen molar-refractivity contribution in [3.8, 4) is 22.9 Å². The van der Waals surface area contributed by atoms with Crippen molar-refractivity contribution in [2.24, 2.45) is 5.92 Å². The van der Waals surface area contributed by atoms with Crippen molar-refractivity contribution in [1.82, 2.24) is 9.97 Å². The van der Waals surface area contributed by atoms with E-state index in [0.29, 0.717) is 23.9 Å². The van der Waals surface area contributed by atoms with Crippen LogP contribution in [0, 0.1) is 5.92 Å². The fourth-order valence-corrected chi connectivity index (χ4v) is 2.67. The molecule has 0 fully saturated rings. The Morgan fingerprint density at radius 3 is 2.21 bits per heavy atom. The molecule has 0 radical (unpaired) electrons. The summed E-state index contributed by atoms with van der Waals surface area (Å²) in [6.45, 7) is 6.75. The Kier molecular flexibility index (Phi) is 9.46. The first-order valence-corrected chi connectivity index (χ1v) is 10.4. The van der Waals surface area contributed by atoms with E-state index in [2.05, 4.69) is 16.9 Å². The summed E-state index contributed by atoms with van der Waals surface area (Å²) in [5.74, 6) is 1.53. The van der Waals surface area contributed by atoms with E-state index < -0.39 is 0 Å². The molecule has 0 spiro atoms. The zero-order valence-corrected chi connectivity index (χ0v) is 17.3. The molecular weight excluding hydrogens is 352 g/mol. The zero-order chi connectivity index (χ0) is 20.2. The summed E-state index contributed by atoms with van der Waals surface area (Å²) in [5, 5.41) is 0. The van der Waals surface area contributed by atoms with E-state index >= 15 is 0 Å². The molecule has 0 aliphatic rings. The maximum absolute atomic E-state index is 11.8. The van der Waals surface area contributed by atoms with E-state index in [0.717, 1.165) is 18.4 Å². The average molecular weight is 385 g/mol. The third kappa shape index (κ3) is 7.29. The Balaban J connectivity index is 1.80. The standard InChI is InChI=1S/C23H32N2O3/c1-4-6-7-8-9-10-15-27-21-16-24-22(25-17-21)19-11-13-20(14-12-19)28-23(26)18(3)5-2/h11-14,16-18H,4-10,15H2,1-3H3/t18-/m0/s1. The average Bonchev–Trinajstić information content (AvgIpc) is 2.73. The van der Waals surface area contributed by atoms with Crippen LogP contribution in [0.1, 0.15) is 65.7 Å². The Labute approximate surface area is 168 Å². The van der Waals surface area contributed by atoms with Crippen LogP contribution in [-0.2, 0) is 4.79 Å². The number of carbonyl (C=O) groups is 1. The molecule has 0 amide bonds. The third-order valence-corrected chi connectivity index (χ3v) is 4.74. The van der Waals surface area contributed by atoms with Crippen molar-refractivity contribution in [2.45, 2.75) is 65.7 Å². The number of ether oxygens (including phenoxy) is 2. The summed E-state index contributed by atoms with van der Waals surface area (Å²) < 4.78 is 11.1. The van der Waals surface area contributed by atoms with Gasteiger partial charge in [-0.1, -0.05) is 52.9 Å². The molecule has 0 aliphatic carbocycles. The van der Waals surface area contributed by atoms with E-state index in [4.69, 9.17) is 9.47 Å². The Hall–Kier alpha value is -2.43. The van der Waals surface area contributed by atoms with E-state index in [-0.39, 0.29) is 11.9 Å². The second kappa shape index (κ2) is 12.1. The largest absolute Gasteiger partial charge is 0.490 e. The van der Waals surface area contributed by atoms with Crippen molar-refractivity contribution in [2.75, 3.05) is 6.61 Å². The van der Waals surface area contributed by atoms with E-state index in [1.54, 1.807) is 24.5 Å². The van der Waals surface area contributed by atoms with Crippen molar-refractivity contribution in [1.29, 1.82) is 0 Å². The number of rotatable bonds is 12. The molecule has 2 rings (SSSR count). The lowest BCUT2D eigenvalue weighted by molar-refractivity contribution is -0.138. The third-order valence-electron chi connectivity index (χ3n) is 4.74. The Bertz CT molecular complexity index is 699. The molecule has 0 bridgehead atoms. The van der Waals surface area contributed by atoms with Gasteiger partial charge < -0.3 is 9.47 Å². The summed E-state index contributed by atoms with van der Waals surface area (Å²) in [7, 11) is 0. The minimum atomic E-state index is -0.210. The SMILES string of the molecule is CCCCCCCCOc1cnc(-c2ccc(OC(=O)[C@@H](C)CC)cc2)nc1. The van der Waals surface area contributed by atoms with Crippen molar-refractivity contribution < 1.29 is 14.3 Å². The van der Waals surface area contributed by atoms with Gasteiger partial charge in [-0.25, -0.2) is 9.97 Å². The minimum Gasteiger partial charge on any atom is -0.490 e. The zero-order valence-electron chi connectivity index (χ0n) is 17.3. The lowest BCUT2D eigenvalue weighted by Crippen LogP contribution is -2.16. The quantitative estimate of drug-likeness (QED) is 0.261. The molecule has 28 heavy (non-hydrogen) atoms. The first kappa shape index (κ1) is 21.9. The topological polar surface area (TPSA) is 61.3 Å². The van der Waals surface area contributed by atoms with Gasteiger partial charge in [0, 0.05) is 5.56 Å². The normalized spacial score (nSPS) is 11.8. The number of carbonyl (C=O) groups excluding carboxylic acids is 1. The van der Waals surface area contributed by atoms with Crippen molar-refractivity contribution in [3.05, 3.63) is 36.7 Å². The van der Waals surface area contributed by atoms with Gasteiger partial charge in [-0.2, -0.15) is 0 Å². The number of hydrogen-bond acceptors (Lipinski definition) is 5. The molecular formula is C23H32N2O3. The van der Waals surface area contributed by atoms with Crippen LogP contribution in [0.2, 0.25) is 0 Å². The first-order valence-electron chi connectivity index (χ1n) is 10.4. The molecule has 0 saturated carbocycles. The maximum atomic E-state index is 11.8. The molecule has 5 nitrogen and oxygen atoms in total. The number of benzene rings is 1. The Morgan fingerprint density at radius 2 is 1.57 bits per heavy atom. The summed E-state index contributed by atoms with van der Waals surface area (Å²) in [5.41, 5.74) is 0.866.